The summed E-state index contributed by atoms with van der Waals surface area (Å²) in [6.45, 7) is 0.701. The Bertz CT molecular complexity index is 629. The molecule has 0 fully saturated rings. The van der Waals surface area contributed by atoms with Crippen LogP contribution >= 0.6 is 15.9 Å². The van der Waals surface area contributed by atoms with Crippen LogP contribution in [0.25, 0.3) is 0 Å². The average Bonchev–Trinajstić information content (AvgIpc) is 2.91. The van der Waals surface area contributed by atoms with Crippen LogP contribution in [0, 0.1) is 0 Å². The number of hydrogen-bond acceptors (Lipinski definition) is 4. The van der Waals surface area contributed by atoms with E-state index in [1.807, 2.05) is 42.5 Å². The van der Waals surface area contributed by atoms with E-state index < -0.39 is 0 Å². The molecule has 20 heavy (non-hydrogen) atoms. The van der Waals surface area contributed by atoms with Gasteiger partial charge in [0.15, 0.2) is 11.5 Å². The number of fused-ring (bicyclic) bond motifs is 1. The quantitative estimate of drug-likeness (QED) is 0.632. The predicted molar refractivity (Wildman–Crippen MR) is 79.1 cm³/mol. The van der Waals surface area contributed by atoms with E-state index in [0.29, 0.717) is 6.61 Å². The van der Waals surface area contributed by atoms with E-state index in [1.165, 1.54) is 0 Å². The lowest BCUT2D eigenvalue weighted by molar-refractivity contribution is 0.132. The zero-order valence-corrected chi connectivity index (χ0v) is 12.2. The maximum Gasteiger partial charge on any atom is 0.231 e. The van der Waals surface area contributed by atoms with Crippen molar-refractivity contribution in [1.82, 2.24) is 0 Å². The van der Waals surface area contributed by atoms with Crippen LogP contribution in [0.3, 0.4) is 0 Å². The first kappa shape index (κ1) is 13.0. The maximum absolute atomic E-state index is 5.32. The second-order valence-corrected chi connectivity index (χ2v) is 5.07. The molecule has 3 rings (SSSR count). The third-order valence-corrected chi connectivity index (χ3v) is 3.52. The summed E-state index contributed by atoms with van der Waals surface area (Å²) >= 11 is 3.46. The Balaban J connectivity index is 1.64. The van der Waals surface area contributed by atoms with Gasteiger partial charge in [-0.05, 0) is 33.6 Å². The summed E-state index contributed by atoms with van der Waals surface area (Å²) < 4.78 is 11.5. The number of benzene rings is 2. The Kier molecular flexibility index (Phi) is 3.87. The molecule has 1 aliphatic heterocycles. The number of oxime groups is 1. The standard InChI is InChI=1S/C15H12BrNO3/c16-13-7-15-14(18-10-19-15)6-12(13)8-17-20-9-11-4-2-1-3-5-11/h1-8H,9-10H2. The normalized spacial score (nSPS) is 12.8. The van der Waals surface area contributed by atoms with Crippen molar-refractivity contribution in [1.29, 1.82) is 0 Å². The summed E-state index contributed by atoms with van der Waals surface area (Å²) in [7, 11) is 0. The SMILES string of the molecule is Brc1cc2c(cc1C=NOCc1ccccc1)OCO2. The smallest absolute Gasteiger partial charge is 0.231 e. The van der Waals surface area contributed by atoms with Gasteiger partial charge in [0.2, 0.25) is 6.79 Å². The molecular formula is C15H12BrNO3. The minimum absolute atomic E-state index is 0.257. The lowest BCUT2D eigenvalue weighted by Crippen LogP contribution is -1.92. The van der Waals surface area contributed by atoms with Crippen molar-refractivity contribution < 1.29 is 14.3 Å². The molecule has 0 spiro atoms. The van der Waals surface area contributed by atoms with Crippen molar-refractivity contribution in [2.45, 2.75) is 6.61 Å². The molecule has 0 radical (unpaired) electrons. The highest BCUT2D eigenvalue weighted by Crippen LogP contribution is 2.36. The Morgan fingerprint density at radius 3 is 2.70 bits per heavy atom. The molecule has 102 valence electrons. The molecule has 1 heterocycles. The van der Waals surface area contributed by atoms with E-state index >= 15 is 0 Å². The fraction of sp³-hybridized carbons (Fsp3) is 0.133. The van der Waals surface area contributed by atoms with Gasteiger partial charge in [-0.15, -0.1) is 0 Å². The molecular weight excluding hydrogens is 322 g/mol. The van der Waals surface area contributed by atoms with Crippen LogP contribution in [-0.2, 0) is 11.4 Å². The van der Waals surface area contributed by atoms with Crippen molar-refractivity contribution in [3.8, 4) is 11.5 Å². The van der Waals surface area contributed by atoms with E-state index in [-0.39, 0.29) is 6.79 Å². The van der Waals surface area contributed by atoms with Crippen molar-refractivity contribution in [2.24, 2.45) is 5.16 Å². The van der Waals surface area contributed by atoms with Crippen LogP contribution in [0.4, 0.5) is 0 Å². The van der Waals surface area contributed by atoms with E-state index in [1.54, 1.807) is 6.21 Å². The Morgan fingerprint density at radius 1 is 1.15 bits per heavy atom. The third kappa shape index (κ3) is 2.93. The van der Waals surface area contributed by atoms with Gasteiger partial charge in [0.25, 0.3) is 0 Å². The fourth-order valence-electron chi connectivity index (χ4n) is 1.81. The number of rotatable bonds is 4. The topological polar surface area (TPSA) is 40.0 Å². The Hall–Kier alpha value is -2.01. The first-order valence-corrected chi connectivity index (χ1v) is 6.90. The number of halogens is 1. The number of hydrogen-bond donors (Lipinski definition) is 0. The largest absolute Gasteiger partial charge is 0.454 e. The second kappa shape index (κ2) is 5.96. The van der Waals surface area contributed by atoms with Gasteiger partial charge in [0.1, 0.15) is 6.61 Å². The molecule has 0 saturated carbocycles. The van der Waals surface area contributed by atoms with Gasteiger partial charge in [-0.3, -0.25) is 0 Å². The summed E-state index contributed by atoms with van der Waals surface area (Å²) in [6.07, 6.45) is 1.65. The molecule has 1 aliphatic rings. The van der Waals surface area contributed by atoms with E-state index in [4.69, 9.17) is 14.3 Å². The van der Waals surface area contributed by atoms with Crippen LogP contribution in [0.1, 0.15) is 11.1 Å². The third-order valence-electron chi connectivity index (χ3n) is 2.83. The van der Waals surface area contributed by atoms with Gasteiger partial charge >= 0.3 is 0 Å². The molecule has 0 amide bonds. The van der Waals surface area contributed by atoms with E-state index in [9.17, 15) is 0 Å². The molecule has 2 aromatic carbocycles. The van der Waals surface area contributed by atoms with Crippen molar-refractivity contribution in [2.75, 3.05) is 6.79 Å². The zero-order chi connectivity index (χ0) is 13.8. The predicted octanol–water partition coefficient (Wildman–Crippen LogP) is 3.73. The van der Waals surface area contributed by atoms with E-state index in [2.05, 4.69) is 21.1 Å². The minimum atomic E-state index is 0.257. The highest BCUT2D eigenvalue weighted by molar-refractivity contribution is 9.10. The first-order chi connectivity index (χ1) is 9.83. The van der Waals surface area contributed by atoms with Crippen LogP contribution in [0.2, 0.25) is 0 Å². The number of nitrogens with zero attached hydrogens (tertiary/aromatic N) is 1. The first-order valence-electron chi connectivity index (χ1n) is 6.11. The molecule has 0 aromatic heterocycles. The zero-order valence-electron chi connectivity index (χ0n) is 10.6. The van der Waals surface area contributed by atoms with Crippen molar-refractivity contribution >= 4 is 22.1 Å². The van der Waals surface area contributed by atoms with Gasteiger partial charge in [-0.2, -0.15) is 0 Å². The second-order valence-electron chi connectivity index (χ2n) is 4.22. The van der Waals surface area contributed by atoms with Gasteiger partial charge in [-0.25, -0.2) is 0 Å². The average molecular weight is 334 g/mol. The minimum Gasteiger partial charge on any atom is -0.454 e. The van der Waals surface area contributed by atoms with Crippen molar-refractivity contribution in [3.05, 3.63) is 58.1 Å². The molecule has 0 atom stereocenters. The van der Waals surface area contributed by atoms with Crippen LogP contribution in [0.5, 0.6) is 11.5 Å². The molecule has 4 nitrogen and oxygen atoms in total. The number of ether oxygens (including phenoxy) is 2. The maximum atomic E-state index is 5.32. The summed E-state index contributed by atoms with van der Waals surface area (Å²) in [5.41, 5.74) is 1.96. The molecule has 0 bridgehead atoms. The summed E-state index contributed by atoms with van der Waals surface area (Å²) in [4.78, 5) is 5.27. The lowest BCUT2D eigenvalue weighted by atomic mass is 10.2. The van der Waals surface area contributed by atoms with Crippen molar-refractivity contribution in [3.63, 3.8) is 0 Å². The summed E-state index contributed by atoms with van der Waals surface area (Å²) in [6, 6.07) is 13.6. The molecule has 0 aliphatic carbocycles. The van der Waals surface area contributed by atoms with Crippen LogP contribution in [0.15, 0.2) is 52.1 Å². The molecule has 0 unspecified atom stereocenters. The molecule has 0 saturated heterocycles. The molecule has 0 N–H and O–H groups in total. The molecule has 2 aromatic rings. The van der Waals surface area contributed by atoms with Crippen LogP contribution < -0.4 is 9.47 Å². The summed E-state index contributed by atoms with van der Waals surface area (Å²) in [5, 5.41) is 3.97. The van der Waals surface area contributed by atoms with Crippen LogP contribution in [-0.4, -0.2) is 13.0 Å². The van der Waals surface area contributed by atoms with Gasteiger partial charge in [-0.1, -0.05) is 35.5 Å². The fourth-order valence-corrected chi connectivity index (χ4v) is 2.24. The summed E-state index contributed by atoms with van der Waals surface area (Å²) in [5.74, 6) is 1.46. The Labute approximate surface area is 125 Å². The van der Waals surface area contributed by atoms with Gasteiger partial charge < -0.3 is 14.3 Å². The van der Waals surface area contributed by atoms with Gasteiger partial charge in [0.05, 0.1) is 6.21 Å². The monoisotopic (exact) mass is 333 g/mol. The Morgan fingerprint density at radius 2 is 1.90 bits per heavy atom. The lowest BCUT2D eigenvalue weighted by Gasteiger charge is -2.02. The van der Waals surface area contributed by atoms with Gasteiger partial charge in [0, 0.05) is 10.0 Å². The highest BCUT2D eigenvalue weighted by atomic mass is 79.9. The van der Waals surface area contributed by atoms with E-state index in [0.717, 1.165) is 27.1 Å². The highest BCUT2D eigenvalue weighted by Gasteiger charge is 2.15. The molecule has 5 heteroatoms.